The maximum Gasteiger partial charge on any atom is 0.240 e. The molecule has 1 amide bonds. The van der Waals surface area contributed by atoms with Crippen molar-refractivity contribution in [1.29, 1.82) is 0 Å². The summed E-state index contributed by atoms with van der Waals surface area (Å²) < 4.78 is 28.6. The lowest BCUT2D eigenvalue weighted by Crippen LogP contribution is -2.23. The largest absolute Gasteiger partial charge is 0.325 e. The predicted octanol–water partition coefficient (Wildman–Crippen LogP) is 3.75. The zero-order chi connectivity index (χ0) is 18.0. The summed E-state index contributed by atoms with van der Waals surface area (Å²) in [7, 11) is -3.67. The van der Waals surface area contributed by atoms with Crippen LogP contribution >= 0.6 is 27.7 Å². The Hall–Kier alpha value is -1.35. The molecular formula is C17H17BrN2O3S2. The number of anilines is 1. The topological polar surface area (TPSA) is 75.3 Å². The van der Waals surface area contributed by atoms with Crippen molar-refractivity contribution in [2.45, 2.75) is 34.9 Å². The molecule has 0 unspecified atom stereocenters. The van der Waals surface area contributed by atoms with Crippen molar-refractivity contribution in [3.05, 3.63) is 52.5 Å². The minimum Gasteiger partial charge on any atom is -0.325 e. The molecule has 2 N–H and O–H groups in total. The van der Waals surface area contributed by atoms with E-state index in [1.54, 1.807) is 23.9 Å². The number of hydrogen-bond acceptors (Lipinski definition) is 4. The van der Waals surface area contributed by atoms with Gasteiger partial charge in [0.1, 0.15) is 0 Å². The lowest BCUT2D eigenvalue weighted by atomic mass is 10.2. The third-order valence-electron chi connectivity index (χ3n) is 3.69. The standard InChI is InChI=1S/C17H17BrN2O3S2/c1-11-7-17(21)20-15-9-14(5-6-16(15)24-11)25(22,23)19-10-12-3-2-4-13(18)8-12/h2-6,8-9,11,19H,7,10H2,1H3,(H,20,21)/t11-/m1/s1. The van der Waals surface area contributed by atoms with Gasteiger partial charge in [0.25, 0.3) is 0 Å². The van der Waals surface area contributed by atoms with Gasteiger partial charge in [-0.3, -0.25) is 4.79 Å². The van der Waals surface area contributed by atoms with Crippen LogP contribution in [0.15, 0.2) is 56.7 Å². The SMILES string of the molecule is C[C@@H]1CC(=O)Nc2cc(S(=O)(=O)NCc3cccc(Br)c3)ccc2S1. The van der Waals surface area contributed by atoms with Crippen molar-refractivity contribution in [1.82, 2.24) is 4.72 Å². The highest BCUT2D eigenvalue weighted by atomic mass is 79.9. The normalized spacial score (nSPS) is 17.5. The van der Waals surface area contributed by atoms with Crippen molar-refractivity contribution < 1.29 is 13.2 Å². The van der Waals surface area contributed by atoms with Crippen LogP contribution in [0.3, 0.4) is 0 Å². The average Bonchev–Trinajstić information content (AvgIpc) is 2.68. The average molecular weight is 441 g/mol. The van der Waals surface area contributed by atoms with Gasteiger partial charge in [-0.2, -0.15) is 0 Å². The predicted molar refractivity (Wildman–Crippen MR) is 103 cm³/mol. The van der Waals surface area contributed by atoms with Crippen molar-refractivity contribution in [3.8, 4) is 0 Å². The van der Waals surface area contributed by atoms with Crippen LogP contribution in [0.1, 0.15) is 18.9 Å². The molecule has 0 saturated carbocycles. The highest BCUT2D eigenvalue weighted by Crippen LogP contribution is 2.36. The summed E-state index contributed by atoms with van der Waals surface area (Å²) in [6.07, 6.45) is 0.405. The minimum atomic E-state index is -3.67. The van der Waals surface area contributed by atoms with E-state index >= 15 is 0 Å². The zero-order valence-corrected chi connectivity index (χ0v) is 16.7. The number of halogens is 1. The molecule has 3 rings (SSSR count). The van der Waals surface area contributed by atoms with E-state index in [2.05, 4.69) is 26.0 Å². The first-order chi connectivity index (χ1) is 11.8. The van der Waals surface area contributed by atoms with Crippen LogP contribution in [-0.2, 0) is 21.4 Å². The molecule has 0 aromatic heterocycles. The van der Waals surface area contributed by atoms with E-state index < -0.39 is 10.0 Å². The van der Waals surface area contributed by atoms with Crippen molar-refractivity contribution >= 4 is 49.3 Å². The number of thioether (sulfide) groups is 1. The smallest absolute Gasteiger partial charge is 0.240 e. The third-order valence-corrected chi connectivity index (χ3v) is 6.76. The van der Waals surface area contributed by atoms with Crippen molar-refractivity contribution in [3.63, 3.8) is 0 Å². The Bertz CT molecular complexity index is 916. The molecule has 0 bridgehead atoms. The van der Waals surface area contributed by atoms with Crippen molar-refractivity contribution in [2.24, 2.45) is 0 Å². The molecule has 2 aromatic carbocycles. The highest BCUT2D eigenvalue weighted by Gasteiger charge is 2.22. The summed E-state index contributed by atoms with van der Waals surface area (Å²) >= 11 is 4.93. The van der Waals surface area contributed by atoms with Crippen LogP contribution in [0.25, 0.3) is 0 Å². The Morgan fingerprint density at radius 3 is 2.84 bits per heavy atom. The lowest BCUT2D eigenvalue weighted by molar-refractivity contribution is -0.116. The molecule has 132 valence electrons. The molecule has 1 aliphatic heterocycles. The second kappa shape index (κ2) is 7.49. The van der Waals surface area contributed by atoms with E-state index in [0.717, 1.165) is 14.9 Å². The maximum absolute atomic E-state index is 12.6. The van der Waals surface area contributed by atoms with Gasteiger partial charge in [-0.05, 0) is 35.9 Å². The second-order valence-corrected chi connectivity index (χ2v) is 9.96. The molecule has 0 fully saturated rings. The fraction of sp³-hybridized carbons (Fsp3) is 0.235. The molecule has 25 heavy (non-hydrogen) atoms. The highest BCUT2D eigenvalue weighted by molar-refractivity contribution is 9.10. The van der Waals surface area contributed by atoms with Gasteiger partial charge < -0.3 is 5.32 Å². The maximum atomic E-state index is 12.6. The number of amides is 1. The van der Waals surface area contributed by atoms with Gasteiger partial charge in [0, 0.05) is 27.6 Å². The second-order valence-electron chi connectivity index (χ2n) is 5.79. The Morgan fingerprint density at radius 1 is 1.28 bits per heavy atom. The zero-order valence-electron chi connectivity index (χ0n) is 13.5. The molecule has 0 spiro atoms. The van der Waals surface area contributed by atoms with Crippen LogP contribution in [-0.4, -0.2) is 19.6 Å². The summed E-state index contributed by atoms with van der Waals surface area (Å²) in [5, 5.41) is 2.94. The molecule has 2 aromatic rings. The van der Waals surface area contributed by atoms with Gasteiger partial charge in [0.05, 0.1) is 10.6 Å². The molecule has 1 aliphatic rings. The van der Waals surface area contributed by atoms with Crippen LogP contribution in [0.4, 0.5) is 5.69 Å². The van der Waals surface area contributed by atoms with Gasteiger partial charge in [0.15, 0.2) is 0 Å². The molecule has 1 heterocycles. The van der Waals surface area contributed by atoms with Gasteiger partial charge >= 0.3 is 0 Å². The van der Waals surface area contributed by atoms with E-state index in [4.69, 9.17) is 0 Å². The Kier molecular flexibility index (Phi) is 5.52. The van der Waals surface area contributed by atoms with Crippen LogP contribution in [0.2, 0.25) is 0 Å². The molecule has 0 saturated heterocycles. The first-order valence-electron chi connectivity index (χ1n) is 7.68. The van der Waals surface area contributed by atoms with Crippen LogP contribution in [0.5, 0.6) is 0 Å². The summed E-state index contributed by atoms with van der Waals surface area (Å²) in [4.78, 5) is 12.9. The number of sulfonamides is 1. The third kappa shape index (κ3) is 4.63. The molecule has 5 nitrogen and oxygen atoms in total. The summed E-state index contributed by atoms with van der Waals surface area (Å²) in [5.41, 5.74) is 1.40. The van der Waals surface area contributed by atoms with Gasteiger partial charge in [-0.15, -0.1) is 11.8 Å². The van der Waals surface area contributed by atoms with E-state index in [1.165, 1.54) is 6.07 Å². The van der Waals surface area contributed by atoms with E-state index in [9.17, 15) is 13.2 Å². The fourth-order valence-electron chi connectivity index (χ4n) is 2.51. The van der Waals surface area contributed by atoms with E-state index in [1.807, 2.05) is 31.2 Å². The molecule has 0 aliphatic carbocycles. The Balaban J connectivity index is 1.82. The van der Waals surface area contributed by atoms with Crippen LogP contribution in [0, 0.1) is 0 Å². The van der Waals surface area contributed by atoms with Crippen LogP contribution < -0.4 is 10.0 Å². The number of carbonyl (C=O) groups is 1. The van der Waals surface area contributed by atoms with Gasteiger partial charge in [0.2, 0.25) is 15.9 Å². The first kappa shape index (κ1) is 18.4. The van der Waals surface area contributed by atoms with E-state index in [0.29, 0.717) is 12.1 Å². The summed E-state index contributed by atoms with van der Waals surface area (Å²) in [6, 6.07) is 12.3. The molecular weight excluding hydrogens is 424 g/mol. The number of benzene rings is 2. The molecule has 0 radical (unpaired) electrons. The van der Waals surface area contributed by atoms with Gasteiger partial charge in [-0.25, -0.2) is 13.1 Å². The lowest BCUT2D eigenvalue weighted by Gasteiger charge is -2.11. The summed E-state index contributed by atoms with van der Waals surface area (Å²) in [5.74, 6) is -0.101. The fourth-order valence-corrected chi connectivity index (χ4v) is 5.05. The quantitative estimate of drug-likeness (QED) is 0.758. The first-order valence-corrected chi connectivity index (χ1v) is 10.8. The number of hydrogen-bond donors (Lipinski definition) is 2. The Labute approximate surface area is 159 Å². The van der Waals surface area contributed by atoms with Gasteiger partial charge in [-0.1, -0.05) is 35.0 Å². The summed E-state index contributed by atoms with van der Waals surface area (Å²) in [6.45, 7) is 2.17. The number of carbonyl (C=O) groups excluding carboxylic acids is 1. The monoisotopic (exact) mass is 440 g/mol. The molecule has 8 heteroatoms. The minimum absolute atomic E-state index is 0.101. The number of fused-ring (bicyclic) bond motifs is 1. The number of rotatable bonds is 4. The number of nitrogens with one attached hydrogen (secondary N) is 2. The van der Waals surface area contributed by atoms with Crippen molar-refractivity contribution in [2.75, 3.05) is 5.32 Å². The van der Waals surface area contributed by atoms with E-state index in [-0.39, 0.29) is 22.6 Å². The Morgan fingerprint density at radius 2 is 2.08 bits per heavy atom. The molecule has 1 atom stereocenters.